The third-order valence-electron chi connectivity index (χ3n) is 5.57. The summed E-state index contributed by atoms with van der Waals surface area (Å²) >= 11 is 0. The molecule has 0 unspecified atom stereocenters. The van der Waals surface area contributed by atoms with Crippen LogP contribution in [0, 0.1) is 0 Å². The number of unbranched alkanes of at least 4 members (excludes halogenated alkanes) is 13. The zero-order valence-electron chi connectivity index (χ0n) is 18.5. The van der Waals surface area contributed by atoms with Gasteiger partial charge in [-0.1, -0.05) is 114 Å². The van der Waals surface area contributed by atoms with E-state index in [1.807, 2.05) is 0 Å². The lowest BCUT2D eigenvalue weighted by Gasteiger charge is -2.18. The van der Waals surface area contributed by atoms with E-state index in [1.54, 1.807) is 0 Å². The van der Waals surface area contributed by atoms with Gasteiger partial charge in [0, 0.05) is 20.6 Å². The van der Waals surface area contributed by atoms with Crippen molar-refractivity contribution in [3.63, 3.8) is 0 Å². The molecule has 0 spiro atoms. The van der Waals surface area contributed by atoms with Crippen LogP contribution in [0.4, 0.5) is 0 Å². The number of halogens is 1. The van der Waals surface area contributed by atoms with E-state index in [0.29, 0.717) is 0 Å². The van der Waals surface area contributed by atoms with Gasteiger partial charge >= 0.3 is 0 Å². The molecule has 0 nitrogen and oxygen atoms in total. The van der Waals surface area contributed by atoms with E-state index in [2.05, 4.69) is 50.6 Å². The molecule has 1 rings (SSSR count). The van der Waals surface area contributed by atoms with Crippen molar-refractivity contribution >= 4 is 7.26 Å². The van der Waals surface area contributed by atoms with Gasteiger partial charge in [0.2, 0.25) is 0 Å². The highest BCUT2D eigenvalue weighted by atomic mass is 127. The predicted molar refractivity (Wildman–Crippen MR) is 124 cm³/mol. The highest BCUT2D eigenvalue weighted by Crippen LogP contribution is 2.54. The van der Waals surface area contributed by atoms with Crippen LogP contribution in [0.25, 0.3) is 0 Å². The molecule has 0 aliphatic heterocycles. The van der Waals surface area contributed by atoms with E-state index < -0.39 is 7.26 Å². The first kappa shape index (κ1) is 27.4. The molecule has 1 aromatic carbocycles. The zero-order chi connectivity index (χ0) is 18.9. The van der Waals surface area contributed by atoms with Gasteiger partial charge in [-0.15, -0.1) is 0 Å². The summed E-state index contributed by atoms with van der Waals surface area (Å²) < 4.78 is 0. The molecule has 0 amide bonds. The first-order chi connectivity index (χ1) is 12.6. The summed E-state index contributed by atoms with van der Waals surface area (Å²) in [6.07, 6.45) is 23.2. The summed E-state index contributed by atoms with van der Waals surface area (Å²) in [4.78, 5) is 0. The standard InChI is InChI=1S/C25H46P.HI/c1-4-5-6-7-8-9-10-11-12-13-14-15-16-20-23-26(2,3)24-25-21-18-17-19-22-25;/h17-19,21-22H,4-16,20,23-24H2,1-3H3;1H/q+1;/p-1. The Kier molecular flexibility index (Phi) is 18.7. The van der Waals surface area contributed by atoms with Gasteiger partial charge in [0.1, 0.15) is 0 Å². The zero-order valence-corrected chi connectivity index (χ0v) is 21.6. The summed E-state index contributed by atoms with van der Waals surface area (Å²) in [7, 11) is -0.749. The molecule has 0 aliphatic carbocycles. The molecule has 0 heterocycles. The van der Waals surface area contributed by atoms with Gasteiger partial charge < -0.3 is 24.0 Å². The highest BCUT2D eigenvalue weighted by molar-refractivity contribution is 7.73. The summed E-state index contributed by atoms with van der Waals surface area (Å²) in [5.74, 6) is 0. The van der Waals surface area contributed by atoms with Crippen molar-refractivity contribution < 1.29 is 24.0 Å². The van der Waals surface area contributed by atoms with Crippen LogP contribution in [0.5, 0.6) is 0 Å². The number of rotatable bonds is 17. The molecule has 0 atom stereocenters. The monoisotopic (exact) mass is 504 g/mol. The number of hydrogen-bond donors (Lipinski definition) is 0. The van der Waals surface area contributed by atoms with Crippen LogP contribution in [-0.2, 0) is 6.16 Å². The Labute approximate surface area is 189 Å². The van der Waals surface area contributed by atoms with Gasteiger partial charge in [0.05, 0.1) is 12.3 Å². The smallest absolute Gasteiger partial charge is 0.0837 e. The lowest BCUT2D eigenvalue weighted by molar-refractivity contribution is -0.00000590. The molecule has 0 N–H and O–H groups in total. The maximum absolute atomic E-state index is 2.54. The molecule has 158 valence electrons. The van der Waals surface area contributed by atoms with E-state index in [1.165, 1.54) is 108 Å². The van der Waals surface area contributed by atoms with Crippen LogP contribution in [-0.4, -0.2) is 19.5 Å². The maximum Gasteiger partial charge on any atom is 0.0837 e. The van der Waals surface area contributed by atoms with E-state index in [4.69, 9.17) is 0 Å². The first-order valence-electron chi connectivity index (χ1n) is 11.5. The Morgan fingerprint density at radius 1 is 0.593 bits per heavy atom. The Hall–Kier alpha value is 0.380. The average molecular weight is 505 g/mol. The minimum absolute atomic E-state index is 0. The topological polar surface area (TPSA) is 0 Å². The fraction of sp³-hybridized carbons (Fsp3) is 0.760. The Bertz CT molecular complexity index is 416. The fourth-order valence-electron chi connectivity index (χ4n) is 3.89. The molecule has 2 heteroatoms. The van der Waals surface area contributed by atoms with Gasteiger partial charge in [-0.3, -0.25) is 0 Å². The molecular weight excluding hydrogens is 458 g/mol. The Morgan fingerprint density at radius 2 is 1.00 bits per heavy atom. The lowest BCUT2D eigenvalue weighted by atomic mass is 10.0. The van der Waals surface area contributed by atoms with E-state index in [-0.39, 0.29) is 24.0 Å². The second-order valence-corrected chi connectivity index (χ2v) is 13.5. The summed E-state index contributed by atoms with van der Waals surface area (Å²) in [6, 6.07) is 11.1. The van der Waals surface area contributed by atoms with Crippen LogP contribution in [0.15, 0.2) is 30.3 Å². The van der Waals surface area contributed by atoms with Crippen molar-refractivity contribution in [3.8, 4) is 0 Å². The number of benzene rings is 1. The van der Waals surface area contributed by atoms with Gasteiger partial charge in [-0.05, 0) is 18.4 Å². The Balaban J connectivity index is 0.00000676. The van der Waals surface area contributed by atoms with Crippen molar-refractivity contribution in [2.45, 2.75) is 103 Å². The second-order valence-electron chi connectivity index (χ2n) is 8.90. The normalized spacial score (nSPS) is 11.4. The van der Waals surface area contributed by atoms with E-state index in [0.717, 1.165) is 0 Å². The Morgan fingerprint density at radius 3 is 1.44 bits per heavy atom. The summed E-state index contributed by atoms with van der Waals surface area (Å²) in [6.45, 7) is 7.39. The molecule has 0 saturated heterocycles. The van der Waals surface area contributed by atoms with Crippen molar-refractivity contribution in [1.82, 2.24) is 0 Å². The largest absolute Gasteiger partial charge is 1.00 e. The third-order valence-corrected chi connectivity index (χ3v) is 8.32. The van der Waals surface area contributed by atoms with Crippen LogP contribution >= 0.6 is 7.26 Å². The van der Waals surface area contributed by atoms with Crippen molar-refractivity contribution in [3.05, 3.63) is 35.9 Å². The minimum atomic E-state index is -0.749. The van der Waals surface area contributed by atoms with Crippen molar-refractivity contribution in [2.24, 2.45) is 0 Å². The van der Waals surface area contributed by atoms with Gasteiger partial charge in [-0.25, -0.2) is 0 Å². The first-order valence-corrected chi connectivity index (χ1v) is 14.6. The fourth-order valence-corrected chi connectivity index (χ4v) is 6.33. The minimum Gasteiger partial charge on any atom is -1.00 e. The van der Waals surface area contributed by atoms with Crippen LogP contribution in [0.1, 0.15) is 102 Å². The van der Waals surface area contributed by atoms with Crippen molar-refractivity contribution in [1.29, 1.82) is 0 Å². The number of hydrogen-bond acceptors (Lipinski definition) is 0. The summed E-state index contributed by atoms with van der Waals surface area (Å²) in [5, 5.41) is 0. The van der Waals surface area contributed by atoms with Gasteiger partial charge in [0.25, 0.3) is 0 Å². The van der Waals surface area contributed by atoms with E-state index >= 15 is 0 Å². The molecule has 0 bridgehead atoms. The maximum atomic E-state index is 2.54. The third kappa shape index (κ3) is 17.0. The molecule has 0 aromatic heterocycles. The molecule has 1 aromatic rings. The summed E-state index contributed by atoms with van der Waals surface area (Å²) in [5.41, 5.74) is 1.54. The van der Waals surface area contributed by atoms with Crippen LogP contribution in [0.3, 0.4) is 0 Å². The molecule has 0 aliphatic rings. The van der Waals surface area contributed by atoms with E-state index in [9.17, 15) is 0 Å². The molecule has 0 radical (unpaired) electrons. The molecular formula is C25H46IP. The lowest BCUT2D eigenvalue weighted by Crippen LogP contribution is -3.00. The van der Waals surface area contributed by atoms with Crippen LogP contribution in [0.2, 0.25) is 0 Å². The SMILES string of the molecule is CCCCCCCCCCCCCCCC[P+](C)(C)Cc1ccccc1.[I-]. The average Bonchev–Trinajstić information content (AvgIpc) is 2.62. The highest BCUT2D eigenvalue weighted by Gasteiger charge is 2.24. The molecule has 27 heavy (non-hydrogen) atoms. The van der Waals surface area contributed by atoms with Crippen molar-refractivity contribution in [2.75, 3.05) is 19.5 Å². The quantitative estimate of drug-likeness (QED) is 0.140. The molecule has 0 saturated carbocycles. The predicted octanol–water partition coefficient (Wildman–Crippen LogP) is 5.95. The van der Waals surface area contributed by atoms with Crippen LogP contribution < -0.4 is 24.0 Å². The van der Waals surface area contributed by atoms with Gasteiger partial charge in [-0.2, -0.15) is 0 Å². The molecule has 0 fully saturated rings. The van der Waals surface area contributed by atoms with Gasteiger partial charge in [0.15, 0.2) is 0 Å². The second kappa shape index (κ2) is 18.4.